The number of allylic oxidation sites excluding steroid dienone is 1. The standard InChI is InChI=1S/C16H20ClN3O3/c17-14-7-6-13(10-15(14)20(22)23)19-11-16(21)18-9-8-12-4-2-1-3-5-12/h4,6-7,10,19H,1-3,5,8-9,11H2,(H,18,21). The summed E-state index contributed by atoms with van der Waals surface area (Å²) in [5.74, 6) is -0.140. The van der Waals surface area contributed by atoms with Crippen LogP contribution in [-0.2, 0) is 4.79 Å². The van der Waals surface area contributed by atoms with Crippen LogP contribution in [0.3, 0.4) is 0 Å². The first-order valence-corrected chi connectivity index (χ1v) is 8.06. The van der Waals surface area contributed by atoms with E-state index in [-0.39, 0.29) is 23.2 Å². The largest absolute Gasteiger partial charge is 0.376 e. The third-order valence-electron chi connectivity index (χ3n) is 3.75. The maximum Gasteiger partial charge on any atom is 0.289 e. The lowest BCUT2D eigenvalue weighted by atomic mass is 9.97. The normalized spacial score (nSPS) is 14.0. The second-order valence-corrected chi connectivity index (χ2v) is 5.89. The van der Waals surface area contributed by atoms with Gasteiger partial charge in [-0.25, -0.2) is 0 Å². The summed E-state index contributed by atoms with van der Waals surface area (Å²) >= 11 is 5.74. The van der Waals surface area contributed by atoms with Crippen LogP contribution in [0.15, 0.2) is 29.8 Å². The number of nitro benzene ring substituents is 1. The van der Waals surface area contributed by atoms with Crippen LogP contribution >= 0.6 is 11.6 Å². The second-order valence-electron chi connectivity index (χ2n) is 5.48. The number of rotatable bonds is 7. The topological polar surface area (TPSA) is 84.3 Å². The van der Waals surface area contributed by atoms with Crippen molar-refractivity contribution in [2.24, 2.45) is 0 Å². The van der Waals surface area contributed by atoms with Crippen molar-refractivity contribution in [2.45, 2.75) is 32.1 Å². The molecule has 1 aliphatic carbocycles. The van der Waals surface area contributed by atoms with Crippen molar-refractivity contribution >= 4 is 28.9 Å². The highest BCUT2D eigenvalue weighted by Crippen LogP contribution is 2.27. The molecule has 1 aromatic carbocycles. The van der Waals surface area contributed by atoms with Crippen molar-refractivity contribution in [1.29, 1.82) is 0 Å². The van der Waals surface area contributed by atoms with Gasteiger partial charge in [0.2, 0.25) is 5.91 Å². The summed E-state index contributed by atoms with van der Waals surface area (Å²) in [6.45, 7) is 0.685. The third kappa shape index (κ3) is 5.56. The number of nitro groups is 1. The molecule has 0 saturated carbocycles. The van der Waals surface area contributed by atoms with Gasteiger partial charge in [-0.1, -0.05) is 23.3 Å². The maximum atomic E-state index is 11.8. The number of amides is 1. The van der Waals surface area contributed by atoms with E-state index in [1.165, 1.54) is 30.5 Å². The quantitative estimate of drug-likeness (QED) is 0.451. The zero-order valence-corrected chi connectivity index (χ0v) is 13.6. The Kier molecular flexibility index (Phi) is 6.40. The van der Waals surface area contributed by atoms with Crippen molar-refractivity contribution in [3.8, 4) is 0 Å². The lowest BCUT2D eigenvalue weighted by Crippen LogP contribution is -2.30. The van der Waals surface area contributed by atoms with E-state index in [9.17, 15) is 14.9 Å². The Morgan fingerprint density at radius 3 is 2.87 bits per heavy atom. The number of carbonyl (C=O) groups excluding carboxylic acids is 1. The Morgan fingerprint density at radius 2 is 2.17 bits per heavy atom. The van der Waals surface area contributed by atoms with Crippen LogP contribution in [0.2, 0.25) is 5.02 Å². The molecule has 0 fully saturated rings. The molecule has 1 amide bonds. The lowest BCUT2D eigenvalue weighted by Gasteiger charge is -2.13. The molecule has 6 nitrogen and oxygen atoms in total. The predicted molar refractivity (Wildman–Crippen MR) is 90.8 cm³/mol. The van der Waals surface area contributed by atoms with Crippen LogP contribution in [0.25, 0.3) is 0 Å². The van der Waals surface area contributed by atoms with Gasteiger partial charge in [0.1, 0.15) is 5.02 Å². The summed E-state index contributed by atoms with van der Waals surface area (Å²) in [4.78, 5) is 22.1. The van der Waals surface area contributed by atoms with Gasteiger partial charge in [0.25, 0.3) is 5.69 Å². The van der Waals surface area contributed by atoms with Gasteiger partial charge < -0.3 is 10.6 Å². The van der Waals surface area contributed by atoms with Gasteiger partial charge in [-0.15, -0.1) is 0 Å². The highest BCUT2D eigenvalue weighted by Gasteiger charge is 2.13. The third-order valence-corrected chi connectivity index (χ3v) is 4.07. The molecule has 0 heterocycles. The molecule has 2 N–H and O–H groups in total. The molecule has 0 spiro atoms. The summed E-state index contributed by atoms with van der Waals surface area (Å²) in [5, 5.41) is 16.6. The Morgan fingerprint density at radius 1 is 1.35 bits per heavy atom. The zero-order valence-electron chi connectivity index (χ0n) is 12.8. The number of nitrogens with one attached hydrogen (secondary N) is 2. The number of anilines is 1. The van der Waals surface area contributed by atoms with Gasteiger partial charge in [0.15, 0.2) is 0 Å². The zero-order chi connectivity index (χ0) is 16.7. The lowest BCUT2D eigenvalue weighted by molar-refractivity contribution is -0.384. The van der Waals surface area contributed by atoms with E-state index in [0.717, 1.165) is 19.3 Å². The number of nitrogens with zero attached hydrogens (tertiary/aromatic N) is 1. The van der Waals surface area contributed by atoms with Crippen molar-refractivity contribution in [1.82, 2.24) is 5.32 Å². The molecule has 7 heteroatoms. The van der Waals surface area contributed by atoms with Crippen molar-refractivity contribution in [3.05, 3.63) is 45.0 Å². The predicted octanol–water partition coefficient (Wildman–Crippen LogP) is 3.67. The average Bonchev–Trinajstić information content (AvgIpc) is 2.55. The number of halogens is 1. The van der Waals surface area contributed by atoms with Crippen LogP contribution in [0.5, 0.6) is 0 Å². The van der Waals surface area contributed by atoms with E-state index in [1.54, 1.807) is 6.07 Å². The molecular formula is C16H20ClN3O3. The second kappa shape index (κ2) is 8.53. The first-order chi connectivity index (χ1) is 11.1. The molecule has 0 radical (unpaired) electrons. The maximum absolute atomic E-state index is 11.8. The number of carbonyl (C=O) groups is 1. The van der Waals surface area contributed by atoms with Crippen LogP contribution in [0, 0.1) is 10.1 Å². The van der Waals surface area contributed by atoms with Gasteiger partial charge in [-0.2, -0.15) is 0 Å². The van der Waals surface area contributed by atoms with E-state index in [4.69, 9.17) is 11.6 Å². The van der Waals surface area contributed by atoms with Crippen LogP contribution < -0.4 is 10.6 Å². The summed E-state index contributed by atoms with van der Waals surface area (Å²) in [5.41, 5.74) is 1.73. The van der Waals surface area contributed by atoms with Crippen molar-refractivity contribution < 1.29 is 9.72 Å². The monoisotopic (exact) mass is 337 g/mol. The highest BCUT2D eigenvalue weighted by molar-refractivity contribution is 6.32. The van der Waals surface area contributed by atoms with Crippen LogP contribution in [0.4, 0.5) is 11.4 Å². The van der Waals surface area contributed by atoms with Crippen LogP contribution in [0.1, 0.15) is 32.1 Å². The molecule has 0 bridgehead atoms. The molecule has 0 saturated heterocycles. The SMILES string of the molecule is O=C(CNc1ccc(Cl)c([N+](=O)[O-])c1)NCCC1=CCCCC1. The Balaban J connectivity index is 1.74. The fourth-order valence-electron chi connectivity index (χ4n) is 2.50. The Bertz CT molecular complexity index is 617. The molecule has 1 aromatic rings. The summed E-state index contributed by atoms with van der Waals surface area (Å²) in [6.07, 6.45) is 7.91. The fourth-order valence-corrected chi connectivity index (χ4v) is 2.69. The van der Waals surface area contributed by atoms with Gasteiger partial charge >= 0.3 is 0 Å². The minimum absolute atomic E-state index is 0.0673. The molecule has 2 rings (SSSR count). The number of benzene rings is 1. The minimum atomic E-state index is -0.550. The molecule has 0 aliphatic heterocycles. The molecular weight excluding hydrogens is 318 g/mol. The summed E-state index contributed by atoms with van der Waals surface area (Å²) in [7, 11) is 0. The highest BCUT2D eigenvalue weighted by atomic mass is 35.5. The summed E-state index contributed by atoms with van der Waals surface area (Å²) in [6, 6.07) is 4.37. The first kappa shape index (κ1) is 17.3. The molecule has 124 valence electrons. The average molecular weight is 338 g/mol. The van der Waals surface area contributed by atoms with Gasteiger partial charge in [-0.05, 0) is 44.2 Å². The Labute approximate surface area is 140 Å². The number of hydrogen-bond acceptors (Lipinski definition) is 4. The molecule has 1 aliphatic rings. The van der Waals surface area contributed by atoms with Crippen molar-refractivity contribution in [3.63, 3.8) is 0 Å². The van der Waals surface area contributed by atoms with E-state index in [1.807, 2.05) is 0 Å². The van der Waals surface area contributed by atoms with E-state index < -0.39 is 4.92 Å². The smallest absolute Gasteiger partial charge is 0.289 e. The van der Waals surface area contributed by atoms with Gasteiger partial charge in [0, 0.05) is 18.3 Å². The fraction of sp³-hybridized carbons (Fsp3) is 0.438. The van der Waals surface area contributed by atoms with Crippen LogP contribution in [-0.4, -0.2) is 23.9 Å². The minimum Gasteiger partial charge on any atom is -0.376 e. The molecule has 23 heavy (non-hydrogen) atoms. The number of hydrogen-bond donors (Lipinski definition) is 2. The van der Waals surface area contributed by atoms with Gasteiger partial charge in [-0.3, -0.25) is 14.9 Å². The first-order valence-electron chi connectivity index (χ1n) is 7.68. The van der Waals surface area contributed by atoms with Crippen molar-refractivity contribution in [2.75, 3.05) is 18.4 Å². The van der Waals surface area contributed by atoms with E-state index in [0.29, 0.717) is 12.2 Å². The van der Waals surface area contributed by atoms with E-state index in [2.05, 4.69) is 16.7 Å². The van der Waals surface area contributed by atoms with E-state index >= 15 is 0 Å². The molecule has 0 unspecified atom stereocenters. The molecule has 0 atom stereocenters. The summed E-state index contributed by atoms with van der Waals surface area (Å²) < 4.78 is 0. The molecule has 0 aromatic heterocycles. The van der Waals surface area contributed by atoms with Gasteiger partial charge in [0.05, 0.1) is 11.5 Å². The Hall–Kier alpha value is -2.08.